The molecule has 1 saturated heterocycles. The van der Waals surface area contributed by atoms with Gasteiger partial charge >= 0.3 is 12.5 Å². The predicted molar refractivity (Wildman–Crippen MR) is 100 cm³/mol. The van der Waals surface area contributed by atoms with Gasteiger partial charge in [0.1, 0.15) is 11.4 Å². The molecule has 0 N–H and O–H groups in total. The van der Waals surface area contributed by atoms with Gasteiger partial charge in [-0.15, -0.1) is 13.2 Å². The van der Waals surface area contributed by atoms with Crippen LogP contribution in [0, 0.1) is 0 Å². The van der Waals surface area contributed by atoms with Crippen LogP contribution in [0.4, 0.5) is 18.0 Å². The lowest BCUT2D eigenvalue weighted by molar-refractivity contribution is -0.274. The molecule has 2 rings (SSSR count). The van der Waals surface area contributed by atoms with E-state index in [1.54, 1.807) is 4.90 Å². The second-order valence-corrected chi connectivity index (χ2v) is 7.17. The fourth-order valence-electron chi connectivity index (χ4n) is 2.53. The van der Waals surface area contributed by atoms with Gasteiger partial charge < -0.3 is 19.1 Å². The van der Waals surface area contributed by atoms with Crippen LogP contribution in [0.1, 0.15) is 53.0 Å². The van der Waals surface area contributed by atoms with Crippen molar-refractivity contribution in [2.45, 2.75) is 72.1 Å². The van der Waals surface area contributed by atoms with Crippen molar-refractivity contribution in [3.63, 3.8) is 0 Å². The molecule has 5 nitrogen and oxygen atoms in total. The van der Waals surface area contributed by atoms with Crippen LogP contribution in [-0.4, -0.2) is 42.2 Å². The summed E-state index contributed by atoms with van der Waals surface area (Å²) in [5, 5.41) is 0. The molecule has 1 aromatic rings. The number of amides is 1. The minimum Gasteiger partial charge on any atom is -0.444 e. The van der Waals surface area contributed by atoms with Gasteiger partial charge in [0.2, 0.25) is 0 Å². The molecule has 1 aliphatic rings. The molecule has 28 heavy (non-hydrogen) atoms. The van der Waals surface area contributed by atoms with E-state index in [1.807, 2.05) is 34.6 Å². The lowest BCUT2D eigenvalue weighted by atomic mass is 10.1. The standard InChI is InChI=1S/C18H24F3NO4.C2H6/c1-17(2,3)26-16(23)22-10-8-14(9-11-22)24-12-13-4-6-15(7-5-13)25-18(19,20)21;1-2/h4-7,14H,8-12H2,1-3H3;1-2H3. The Morgan fingerprint density at radius 3 is 2.07 bits per heavy atom. The van der Waals surface area contributed by atoms with Crippen LogP contribution in [0.25, 0.3) is 0 Å². The van der Waals surface area contributed by atoms with E-state index in [2.05, 4.69) is 4.74 Å². The molecule has 1 fully saturated rings. The largest absolute Gasteiger partial charge is 0.573 e. The number of ether oxygens (including phenoxy) is 3. The van der Waals surface area contributed by atoms with Crippen LogP contribution >= 0.6 is 0 Å². The summed E-state index contributed by atoms with van der Waals surface area (Å²) in [5.74, 6) is -0.257. The Hall–Kier alpha value is -1.96. The normalized spacial score (nSPS) is 15.5. The monoisotopic (exact) mass is 405 g/mol. The number of carbonyl (C=O) groups excluding carboxylic acids is 1. The van der Waals surface area contributed by atoms with E-state index < -0.39 is 12.0 Å². The van der Waals surface area contributed by atoms with Crippen molar-refractivity contribution in [2.75, 3.05) is 13.1 Å². The first-order valence-corrected chi connectivity index (χ1v) is 9.46. The van der Waals surface area contributed by atoms with Crippen molar-refractivity contribution in [3.05, 3.63) is 29.8 Å². The Labute approximate surface area is 164 Å². The molecule has 1 aliphatic heterocycles. The number of nitrogens with zero attached hydrogens (tertiary/aromatic N) is 1. The number of carbonyl (C=O) groups is 1. The molecule has 0 spiro atoms. The first kappa shape index (κ1) is 24.1. The SMILES string of the molecule is CC.CC(C)(C)OC(=O)N1CCC(OCc2ccc(OC(F)(F)F)cc2)CC1. The predicted octanol–water partition coefficient (Wildman–Crippen LogP) is 5.53. The van der Waals surface area contributed by atoms with Crippen molar-refractivity contribution in [1.29, 1.82) is 0 Å². The van der Waals surface area contributed by atoms with Crippen molar-refractivity contribution < 1.29 is 32.2 Å². The highest BCUT2D eigenvalue weighted by atomic mass is 19.4. The third kappa shape index (κ3) is 9.30. The summed E-state index contributed by atoms with van der Waals surface area (Å²) in [6.07, 6.45) is -3.64. The highest BCUT2D eigenvalue weighted by Gasteiger charge is 2.31. The lowest BCUT2D eigenvalue weighted by Crippen LogP contribution is -2.43. The van der Waals surface area contributed by atoms with Crippen LogP contribution < -0.4 is 4.74 Å². The molecular weight excluding hydrogens is 375 g/mol. The maximum absolute atomic E-state index is 12.1. The van der Waals surface area contributed by atoms with Crippen molar-refractivity contribution in [2.24, 2.45) is 0 Å². The van der Waals surface area contributed by atoms with Gasteiger partial charge in [0, 0.05) is 13.1 Å². The lowest BCUT2D eigenvalue weighted by Gasteiger charge is -2.33. The molecule has 0 saturated carbocycles. The summed E-state index contributed by atoms with van der Waals surface area (Å²) in [7, 11) is 0. The van der Waals surface area contributed by atoms with E-state index in [1.165, 1.54) is 24.3 Å². The molecule has 0 atom stereocenters. The van der Waals surface area contributed by atoms with Crippen LogP contribution in [0.5, 0.6) is 5.75 Å². The summed E-state index contributed by atoms with van der Waals surface area (Å²) in [6.45, 7) is 10.9. The van der Waals surface area contributed by atoms with E-state index in [9.17, 15) is 18.0 Å². The molecule has 0 aliphatic carbocycles. The average Bonchev–Trinajstić information content (AvgIpc) is 2.60. The average molecular weight is 405 g/mol. The number of alkyl halides is 3. The van der Waals surface area contributed by atoms with E-state index in [4.69, 9.17) is 9.47 Å². The summed E-state index contributed by atoms with van der Waals surface area (Å²) >= 11 is 0. The van der Waals surface area contributed by atoms with Gasteiger partial charge in [-0.2, -0.15) is 0 Å². The van der Waals surface area contributed by atoms with Gasteiger partial charge in [-0.1, -0.05) is 26.0 Å². The molecule has 0 radical (unpaired) electrons. The van der Waals surface area contributed by atoms with Crippen LogP contribution in [0.15, 0.2) is 24.3 Å². The van der Waals surface area contributed by atoms with Crippen molar-refractivity contribution >= 4 is 6.09 Å². The molecule has 1 aromatic carbocycles. The molecule has 8 heteroatoms. The molecular formula is C20H30F3NO4. The molecule has 160 valence electrons. The Kier molecular flexibility index (Phi) is 9.07. The van der Waals surface area contributed by atoms with Crippen LogP contribution in [0.2, 0.25) is 0 Å². The number of halogens is 3. The Balaban J connectivity index is 0.00000190. The van der Waals surface area contributed by atoms with Crippen molar-refractivity contribution in [3.8, 4) is 5.75 Å². The van der Waals surface area contributed by atoms with E-state index in [0.29, 0.717) is 32.5 Å². The summed E-state index contributed by atoms with van der Waals surface area (Å²) in [6, 6.07) is 5.60. The molecule has 1 heterocycles. The zero-order valence-electron chi connectivity index (χ0n) is 17.1. The van der Waals surface area contributed by atoms with E-state index >= 15 is 0 Å². The third-order valence-corrected chi connectivity index (χ3v) is 3.74. The van der Waals surface area contributed by atoms with Crippen LogP contribution in [0.3, 0.4) is 0 Å². The molecule has 0 unspecified atom stereocenters. The Morgan fingerprint density at radius 1 is 1.07 bits per heavy atom. The van der Waals surface area contributed by atoms with Gasteiger partial charge in [-0.25, -0.2) is 4.79 Å². The van der Waals surface area contributed by atoms with Gasteiger partial charge in [0.15, 0.2) is 0 Å². The third-order valence-electron chi connectivity index (χ3n) is 3.74. The quantitative estimate of drug-likeness (QED) is 0.661. The Morgan fingerprint density at radius 2 is 1.61 bits per heavy atom. The summed E-state index contributed by atoms with van der Waals surface area (Å²) in [4.78, 5) is 13.7. The maximum Gasteiger partial charge on any atom is 0.573 e. The second kappa shape index (κ2) is 10.5. The van der Waals surface area contributed by atoms with E-state index in [-0.39, 0.29) is 17.9 Å². The van der Waals surface area contributed by atoms with Gasteiger partial charge in [0.05, 0.1) is 12.7 Å². The highest BCUT2D eigenvalue weighted by molar-refractivity contribution is 5.68. The summed E-state index contributed by atoms with van der Waals surface area (Å²) < 4.78 is 51.4. The van der Waals surface area contributed by atoms with Gasteiger partial charge in [0.25, 0.3) is 0 Å². The number of benzene rings is 1. The highest BCUT2D eigenvalue weighted by Crippen LogP contribution is 2.23. The van der Waals surface area contributed by atoms with E-state index in [0.717, 1.165) is 5.56 Å². The topological polar surface area (TPSA) is 48.0 Å². The first-order chi connectivity index (χ1) is 13.0. The van der Waals surface area contributed by atoms with Crippen molar-refractivity contribution in [1.82, 2.24) is 4.90 Å². The summed E-state index contributed by atoms with van der Waals surface area (Å²) in [5.41, 5.74) is 0.237. The number of rotatable bonds is 4. The Bertz CT molecular complexity index is 589. The zero-order valence-corrected chi connectivity index (χ0v) is 17.1. The zero-order chi connectivity index (χ0) is 21.4. The molecule has 0 aromatic heterocycles. The fourth-order valence-corrected chi connectivity index (χ4v) is 2.53. The number of likely N-dealkylation sites (tertiary alicyclic amines) is 1. The smallest absolute Gasteiger partial charge is 0.444 e. The van der Waals surface area contributed by atoms with Gasteiger partial charge in [-0.05, 0) is 51.3 Å². The minimum atomic E-state index is -4.69. The number of piperidine rings is 1. The van der Waals surface area contributed by atoms with Gasteiger partial charge in [-0.3, -0.25) is 0 Å². The first-order valence-electron chi connectivity index (χ1n) is 9.46. The minimum absolute atomic E-state index is 0.000196. The van der Waals surface area contributed by atoms with Crippen LogP contribution in [-0.2, 0) is 16.1 Å². The number of hydrogen-bond acceptors (Lipinski definition) is 4. The fraction of sp³-hybridized carbons (Fsp3) is 0.650. The second-order valence-electron chi connectivity index (χ2n) is 7.17. The number of hydrogen-bond donors (Lipinski definition) is 0. The maximum atomic E-state index is 12.1. The molecule has 0 bridgehead atoms. The molecule has 1 amide bonds.